The molecule has 150 valence electrons. The summed E-state index contributed by atoms with van der Waals surface area (Å²) in [6.07, 6.45) is -4.67. The van der Waals surface area contributed by atoms with Gasteiger partial charge >= 0.3 is 6.18 Å². The summed E-state index contributed by atoms with van der Waals surface area (Å²) in [7, 11) is 0. The number of halogens is 5. The molecular weight excluding hydrogens is 385 g/mol. The molecule has 1 saturated heterocycles. The van der Waals surface area contributed by atoms with E-state index in [9.17, 15) is 32.1 Å². The zero-order valence-corrected chi connectivity index (χ0v) is 14.5. The Bertz CT molecular complexity index is 880. The van der Waals surface area contributed by atoms with Crippen molar-refractivity contribution in [3.8, 4) is 0 Å². The first-order valence-corrected chi connectivity index (χ1v) is 8.42. The molecule has 0 N–H and O–H groups in total. The van der Waals surface area contributed by atoms with Crippen LogP contribution >= 0.6 is 0 Å². The maximum absolute atomic E-state index is 13.8. The molecule has 0 atom stereocenters. The zero-order valence-electron chi connectivity index (χ0n) is 14.5. The standard InChI is InChI=1S/C18H16F5N3O2/c19-14-3-1-2-12(17(14)20)11-24-6-8-25(9-7-24)15-5-4-13(18(21,22)23)10-16(15)26(27)28/h1-5,10H,6-9,11H2. The molecule has 0 aliphatic carbocycles. The molecule has 0 saturated carbocycles. The zero-order chi connectivity index (χ0) is 20.5. The SMILES string of the molecule is O=[N+]([O-])c1cc(C(F)(F)F)ccc1N1CCN(Cc2cccc(F)c2F)CC1. The van der Waals surface area contributed by atoms with E-state index < -0.39 is 34.0 Å². The van der Waals surface area contributed by atoms with Gasteiger partial charge in [0.25, 0.3) is 5.69 Å². The summed E-state index contributed by atoms with van der Waals surface area (Å²) >= 11 is 0. The van der Waals surface area contributed by atoms with Crippen molar-refractivity contribution in [1.29, 1.82) is 0 Å². The lowest BCUT2D eigenvalue weighted by atomic mass is 10.1. The molecular formula is C18H16F5N3O2. The normalized spacial score (nSPS) is 15.7. The number of anilines is 1. The van der Waals surface area contributed by atoms with E-state index in [1.807, 2.05) is 4.90 Å². The Morgan fingerprint density at radius 2 is 1.71 bits per heavy atom. The number of hydrogen-bond donors (Lipinski definition) is 0. The van der Waals surface area contributed by atoms with Crippen LogP contribution in [0, 0.1) is 21.7 Å². The molecule has 0 bridgehead atoms. The van der Waals surface area contributed by atoms with Gasteiger partial charge in [0.2, 0.25) is 0 Å². The molecule has 0 spiro atoms. The fourth-order valence-corrected chi connectivity index (χ4v) is 3.17. The predicted molar refractivity (Wildman–Crippen MR) is 91.9 cm³/mol. The number of rotatable bonds is 4. The molecule has 1 aliphatic heterocycles. The summed E-state index contributed by atoms with van der Waals surface area (Å²) in [5.41, 5.74) is -1.38. The maximum Gasteiger partial charge on any atom is 0.416 e. The highest BCUT2D eigenvalue weighted by molar-refractivity contribution is 5.65. The Labute approximate surface area is 157 Å². The van der Waals surface area contributed by atoms with Gasteiger partial charge in [0.05, 0.1) is 10.5 Å². The first kappa shape index (κ1) is 20.0. The number of nitro benzene ring substituents is 1. The largest absolute Gasteiger partial charge is 0.416 e. The smallest absolute Gasteiger partial charge is 0.363 e. The Kier molecular flexibility index (Phi) is 5.50. The van der Waals surface area contributed by atoms with Crippen LogP contribution in [0.3, 0.4) is 0 Å². The fourth-order valence-electron chi connectivity index (χ4n) is 3.17. The maximum atomic E-state index is 13.8. The van der Waals surface area contributed by atoms with Crippen LogP contribution in [-0.4, -0.2) is 36.0 Å². The van der Waals surface area contributed by atoms with Crippen molar-refractivity contribution in [2.75, 3.05) is 31.1 Å². The second-order valence-electron chi connectivity index (χ2n) is 6.43. The second-order valence-corrected chi connectivity index (χ2v) is 6.43. The minimum atomic E-state index is -4.67. The van der Waals surface area contributed by atoms with Gasteiger partial charge in [-0.25, -0.2) is 8.78 Å². The number of nitro groups is 1. The Balaban J connectivity index is 1.72. The van der Waals surface area contributed by atoms with Gasteiger partial charge in [-0.2, -0.15) is 13.2 Å². The second kappa shape index (κ2) is 7.70. The molecule has 28 heavy (non-hydrogen) atoms. The Hall–Kier alpha value is -2.75. The van der Waals surface area contributed by atoms with Gasteiger partial charge in [-0.1, -0.05) is 12.1 Å². The lowest BCUT2D eigenvalue weighted by molar-refractivity contribution is -0.384. The van der Waals surface area contributed by atoms with Crippen molar-refractivity contribution in [3.63, 3.8) is 0 Å². The number of benzene rings is 2. The average molecular weight is 401 g/mol. The fraction of sp³-hybridized carbons (Fsp3) is 0.333. The van der Waals surface area contributed by atoms with E-state index in [1.165, 1.54) is 12.1 Å². The van der Waals surface area contributed by atoms with Crippen LogP contribution in [0.4, 0.5) is 33.3 Å². The van der Waals surface area contributed by atoms with Crippen LogP contribution in [0.5, 0.6) is 0 Å². The van der Waals surface area contributed by atoms with Gasteiger partial charge in [0.15, 0.2) is 11.6 Å². The summed E-state index contributed by atoms with van der Waals surface area (Å²) in [6, 6.07) is 6.37. The minimum absolute atomic E-state index is 0.106. The third-order valence-electron chi connectivity index (χ3n) is 4.64. The van der Waals surface area contributed by atoms with E-state index in [2.05, 4.69) is 0 Å². The van der Waals surface area contributed by atoms with Crippen LogP contribution in [0.15, 0.2) is 36.4 Å². The molecule has 2 aromatic carbocycles. The van der Waals surface area contributed by atoms with E-state index in [0.29, 0.717) is 32.2 Å². The average Bonchev–Trinajstić information content (AvgIpc) is 2.65. The quantitative estimate of drug-likeness (QED) is 0.438. The molecule has 0 unspecified atom stereocenters. The van der Waals surface area contributed by atoms with Crippen LogP contribution in [-0.2, 0) is 12.7 Å². The van der Waals surface area contributed by atoms with Crippen molar-refractivity contribution in [2.45, 2.75) is 12.7 Å². The van der Waals surface area contributed by atoms with Gasteiger partial charge in [0.1, 0.15) is 5.69 Å². The minimum Gasteiger partial charge on any atom is -0.363 e. The number of hydrogen-bond acceptors (Lipinski definition) is 4. The molecule has 1 fully saturated rings. The highest BCUT2D eigenvalue weighted by atomic mass is 19.4. The van der Waals surface area contributed by atoms with Crippen molar-refractivity contribution in [2.24, 2.45) is 0 Å². The van der Waals surface area contributed by atoms with Gasteiger partial charge < -0.3 is 4.90 Å². The lowest BCUT2D eigenvalue weighted by Crippen LogP contribution is -2.46. The summed E-state index contributed by atoms with van der Waals surface area (Å²) in [6.45, 7) is 1.58. The molecule has 5 nitrogen and oxygen atoms in total. The molecule has 1 heterocycles. The Morgan fingerprint density at radius 3 is 2.32 bits per heavy atom. The molecule has 0 radical (unpaired) electrons. The number of piperazine rings is 1. The molecule has 2 aromatic rings. The van der Waals surface area contributed by atoms with Gasteiger partial charge in [-0.3, -0.25) is 15.0 Å². The van der Waals surface area contributed by atoms with Crippen LogP contribution in [0.25, 0.3) is 0 Å². The van der Waals surface area contributed by atoms with E-state index >= 15 is 0 Å². The topological polar surface area (TPSA) is 49.6 Å². The third-order valence-corrected chi connectivity index (χ3v) is 4.64. The molecule has 10 heteroatoms. The van der Waals surface area contributed by atoms with Crippen molar-refractivity contribution >= 4 is 11.4 Å². The third kappa shape index (κ3) is 4.22. The first-order chi connectivity index (χ1) is 13.2. The van der Waals surface area contributed by atoms with Crippen LogP contribution in [0.1, 0.15) is 11.1 Å². The Morgan fingerprint density at radius 1 is 1.04 bits per heavy atom. The van der Waals surface area contributed by atoms with Crippen molar-refractivity contribution in [3.05, 3.63) is 69.3 Å². The molecule has 0 aromatic heterocycles. The monoisotopic (exact) mass is 401 g/mol. The highest BCUT2D eigenvalue weighted by Gasteiger charge is 2.34. The van der Waals surface area contributed by atoms with Gasteiger partial charge in [-0.05, 0) is 18.2 Å². The van der Waals surface area contributed by atoms with Crippen molar-refractivity contribution in [1.82, 2.24) is 4.90 Å². The van der Waals surface area contributed by atoms with E-state index in [-0.39, 0.29) is 17.8 Å². The van der Waals surface area contributed by atoms with Gasteiger partial charge in [0, 0.05) is 44.4 Å². The summed E-state index contributed by atoms with van der Waals surface area (Å²) in [5.74, 6) is -1.85. The summed E-state index contributed by atoms with van der Waals surface area (Å²) in [4.78, 5) is 13.9. The van der Waals surface area contributed by atoms with E-state index in [4.69, 9.17) is 0 Å². The predicted octanol–water partition coefficient (Wildman–Crippen LogP) is 4.21. The van der Waals surface area contributed by atoms with Crippen molar-refractivity contribution < 1.29 is 26.9 Å². The summed E-state index contributed by atoms with van der Waals surface area (Å²) in [5, 5.41) is 11.2. The van der Waals surface area contributed by atoms with Gasteiger partial charge in [-0.15, -0.1) is 0 Å². The number of alkyl halides is 3. The van der Waals surface area contributed by atoms with E-state index in [0.717, 1.165) is 18.2 Å². The van der Waals surface area contributed by atoms with Crippen LogP contribution < -0.4 is 4.90 Å². The van der Waals surface area contributed by atoms with Crippen LogP contribution in [0.2, 0.25) is 0 Å². The highest BCUT2D eigenvalue weighted by Crippen LogP contribution is 2.36. The molecule has 0 amide bonds. The number of nitrogens with zero attached hydrogens (tertiary/aromatic N) is 3. The summed E-state index contributed by atoms with van der Waals surface area (Å²) < 4.78 is 65.6. The first-order valence-electron chi connectivity index (χ1n) is 8.42. The van der Waals surface area contributed by atoms with E-state index in [1.54, 1.807) is 4.90 Å². The lowest BCUT2D eigenvalue weighted by Gasteiger charge is -2.36. The molecule has 1 aliphatic rings. The molecule has 3 rings (SSSR count).